The van der Waals surface area contributed by atoms with Crippen LogP contribution in [0.3, 0.4) is 0 Å². The highest BCUT2D eigenvalue weighted by Crippen LogP contribution is 2.19. The van der Waals surface area contributed by atoms with Crippen LogP contribution in [0.5, 0.6) is 5.75 Å². The van der Waals surface area contributed by atoms with Crippen molar-refractivity contribution in [3.63, 3.8) is 0 Å². The summed E-state index contributed by atoms with van der Waals surface area (Å²) in [7, 11) is 0. The lowest BCUT2D eigenvalue weighted by molar-refractivity contribution is -0.145. The molecule has 5 nitrogen and oxygen atoms in total. The van der Waals surface area contributed by atoms with E-state index in [1.165, 1.54) is 0 Å². The van der Waals surface area contributed by atoms with Gasteiger partial charge in [0.15, 0.2) is 0 Å². The Morgan fingerprint density at radius 2 is 2.25 bits per heavy atom. The number of fused-ring (bicyclic) bond motifs is 1. The highest BCUT2D eigenvalue weighted by Gasteiger charge is 2.33. The highest BCUT2D eigenvalue weighted by atomic mass is 16.5. The van der Waals surface area contributed by atoms with Crippen LogP contribution in [0.1, 0.15) is 13.8 Å². The van der Waals surface area contributed by atoms with E-state index in [1.807, 2.05) is 37.3 Å². The maximum absolute atomic E-state index is 11.3. The summed E-state index contributed by atoms with van der Waals surface area (Å²) in [5.74, 6) is -0.320. The van der Waals surface area contributed by atoms with Crippen molar-refractivity contribution >= 4 is 16.9 Å². The van der Waals surface area contributed by atoms with Crippen LogP contribution in [0, 0.1) is 0 Å². The van der Waals surface area contributed by atoms with Crippen LogP contribution >= 0.6 is 0 Å². The number of ether oxygens (including phenoxy) is 1. The van der Waals surface area contributed by atoms with Gasteiger partial charge in [0.2, 0.25) is 0 Å². The largest absolute Gasteiger partial charge is 0.491 e. The van der Waals surface area contributed by atoms with Crippen LogP contribution in [-0.4, -0.2) is 34.8 Å². The minimum atomic E-state index is -1.10. The second kappa shape index (κ2) is 5.88. The second-order valence-electron chi connectivity index (χ2n) is 4.81. The Hall–Kier alpha value is -2.14. The normalized spacial score (nSPS) is 13.9. The van der Waals surface area contributed by atoms with Gasteiger partial charge in [-0.15, -0.1) is 0 Å². The summed E-state index contributed by atoms with van der Waals surface area (Å²) in [5, 5.41) is 13.2. The van der Waals surface area contributed by atoms with E-state index < -0.39 is 11.5 Å². The number of nitrogens with one attached hydrogen (secondary N) is 1. The first-order chi connectivity index (χ1) is 9.55. The summed E-state index contributed by atoms with van der Waals surface area (Å²) in [5.41, 5.74) is -0.279. The van der Waals surface area contributed by atoms with Gasteiger partial charge in [0.25, 0.3) is 0 Å². The van der Waals surface area contributed by atoms with Gasteiger partial charge < -0.3 is 9.84 Å². The third-order valence-corrected chi connectivity index (χ3v) is 3.14. The molecule has 0 bridgehead atoms. The lowest BCUT2D eigenvalue weighted by atomic mass is 10.0. The van der Waals surface area contributed by atoms with Crippen molar-refractivity contribution in [1.82, 2.24) is 10.3 Å². The molecule has 0 amide bonds. The van der Waals surface area contributed by atoms with Crippen molar-refractivity contribution in [3.05, 3.63) is 36.5 Å². The van der Waals surface area contributed by atoms with Gasteiger partial charge in [-0.05, 0) is 31.7 Å². The number of hydrogen-bond donors (Lipinski definition) is 2. The molecule has 2 N–H and O–H groups in total. The van der Waals surface area contributed by atoms with Crippen molar-refractivity contribution < 1.29 is 14.6 Å². The number of carboxylic acid groups (broad SMARTS) is 1. The number of carbonyl (C=O) groups is 1. The van der Waals surface area contributed by atoms with Crippen molar-refractivity contribution in [3.8, 4) is 5.75 Å². The molecule has 1 heterocycles. The van der Waals surface area contributed by atoms with Gasteiger partial charge >= 0.3 is 5.97 Å². The first-order valence-electron chi connectivity index (χ1n) is 6.51. The van der Waals surface area contributed by atoms with E-state index in [-0.39, 0.29) is 6.61 Å². The third-order valence-electron chi connectivity index (χ3n) is 3.14. The number of nitrogens with zero attached hydrogens (tertiary/aromatic N) is 1. The number of hydrogen-bond acceptors (Lipinski definition) is 4. The molecule has 2 rings (SSSR count). The number of carboxylic acids is 1. The van der Waals surface area contributed by atoms with Crippen LogP contribution in [0.15, 0.2) is 36.5 Å². The molecule has 0 radical (unpaired) electrons. The molecule has 0 aliphatic heterocycles. The van der Waals surface area contributed by atoms with E-state index in [4.69, 9.17) is 4.74 Å². The zero-order valence-electron chi connectivity index (χ0n) is 11.6. The molecule has 1 atom stereocenters. The minimum absolute atomic E-state index is 0.0501. The Labute approximate surface area is 117 Å². The van der Waals surface area contributed by atoms with Crippen molar-refractivity contribution in [2.24, 2.45) is 0 Å². The number of aromatic nitrogens is 1. The van der Waals surface area contributed by atoms with Gasteiger partial charge in [-0.1, -0.05) is 13.0 Å². The molecular formula is C15H18N2O3. The average Bonchev–Trinajstić information content (AvgIpc) is 2.45. The molecule has 20 heavy (non-hydrogen) atoms. The maximum atomic E-state index is 11.3. The Bertz CT molecular complexity index is 615. The average molecular weight is 274 g/mol. The number of benzene rings is 1. The number of pyridine rings is 1. The molecule has 5 heteroatoms. The fourth-order valence-electron chi connectivity index (χ4n) is 1.94. The van der Waals surface area contributed by atoms with E-state index >= 15 is 0 Å². The molecule has 0 aliphatic carbocycles. The topological polar surface area (TPSA) is 71.5 Å². The Morgan fingerprint density at radius 3 is 2.95 bits per heavy atom. The summed E-state index contributed by atoms with van der Waals surface area (Å²) in [4.78, 5) is 15.5. The quantitative estimate of drug-likeness (QED) is 0.843. The SMILES string of the molecule is CCNC(C)(COc1ccc2cccnc2c1)C(=O)O. The second-order valence-corrected chi connectivity index (χ2v) is 4.81. The molecular weight excluding hydrogens is 256 g/mol. The molecule has 1 aromatic carbocycles. The summed E-state index contributed by atoms with van der Waals surface area (Å²) < 4.78 is 5.61. The summed E-state index contributed by atoms with van der Waals surface area (Å²) in [6.07, 6.45) is 1.71. The van der Waals surface area contributed by atoms with Crippen LogP contribution in [0.25, 0.3) is 10.9 Å². The van der Waals surface area contributed by atoms with Crippen LogP contribution in [0.2, 0.25) is 0 Å². The van der Waals surface area contributed by atoms with E-state index in [1.54, 1.807) is 13.1 Å². The number of aliphatic carboxylic acids is 1. The van der Waals surface area contributed by atoms with Gasteiger partial charge in [-0.2, -0.15) is 0 Å². The predicted molar refractivity (Wildman–Crippen MR) is 77.0 cm³/mol. The highest BCUT2D eigenvalue weighted by molar-refractivity contribution is 5.80. The summed E-state index contributed by atoms with van der Waals surface area (Å²) in [6.45, 7) is 4.08. The molecule has 1 aromatic heterocycles. The van der Waals surface area contributed by atoms with E-state index in [2.05, 4.69) is 10.3 Å². The Kier molecular flexibility index (Phi) is 4.20. The van der Waals surface area contributed by atoms with Gasteiger partial charge in [0.05, 0.1) is 5.52 Å². The summed E-state index contributed by atoms with van der Waals surface area (Å²) in [6, 6.07) is 9.37. The molecule has 2 aromatic rings. The predicted octanol–water partition coefficient (Wildman–Crippen LogP) is 2.07. The van der Waals surface area contributed by atoms with Crippen molar-refractivity contribution in [2.75, 3.05) is 13.2 Å². The number of likely N-dealkylation sites (N-methyl/N-ethyl adjacent to an activating group) is 1. The van der Waals surface area contributed by atoms with Crippen LogP contribution in [-0.2, 0) is 4.79 Å². The van der Waals surface area contributed by atoms with Gasteiger partial charge in [0.1, 0.15) is 17.9 Å². The molecule has 106 valence electrons. The lowest BCUT2D eigenvalue weighted by Gasteiger charge is -2.25. The Balaban J connectivity index is 2.13. The Morgan fingerprint density at radius 1 is 1.45 bits per heavy atom. The van der Waals surface area contributed by atoms with Gasteiger partial charge in [-0.3, -0.25) is 15.1 Å². The smallest absolute Gasteiger partial charge is 0.327 e. The first kappa shape index (κ1) is 14.3. The number of rotatable bonds is 6. The zero-order valence-corrected chi connectivity index (χ0v) is 11.6. The van der Waals surface area contributed by atoms with Crippen molar-refractivity contribution in [1.29, 1.82) is 0 Å². The molecule has 1 unspecified atom stereocenters. The van der Waals surface area contributed by atoms with E-state index in [9.17, 15) is 9.90 Å². The third kappa shape index (κ3) is 3.05. The van der Waals surface area contributed by atoms with Crippen LogP contribution < -0.4 is 10.1 Å². The van der Waals surface area contributed by atoms with Gasteiger partial charge in [0, 0.05) is 17.6 Å². The van der Waals surface area contributed by atoms with E-state index in [0.29, 0.717) is 12.3 Å². The van der Waals surface area contributed by atoms with Gasteiger partial charge in [-0.25, -0.2) is 0 Å². The zero-order chi connectivity index (χ0) is 14.6. The first-order valence-corrected chi connectivity index (χ1v) is 6.51. The van der Waals surface area contributed by atoms with Crippen LogP contribution in [0.4, 0.5) is 0 Å². The summed E-state index contributed by atoms with van der Waals surface area (Å²) >= 11 is 0. The fourth-order valence-corrected chi connectivity index (χ4v) is 1.94. The fraction of sp³-hybridized carbons (Fsp3) is 0.333. The van der Waals surface area contributed by atoms with E-state index in [0.717, 1.165) is 10.9 Å². The molecule has 0 fully saturated rings. The molecule has 0 saturated heterocycles. The molecule has 0 spiro atoms. The lowest BCUT2D eigenvalue weighted by Crippen LogP contribution is -2.53. The maximum Gasteiger partial charge on any atom is 0.327 e. The molecule has 0 aliphatic rings. The standard InChI is InChI=1S/C15H18N2O3/c1-3-17-15(2,14(18)19)10-20-12-7-6-11-5-4-8-16-13(11)9-12/h4-9,17H,3,10H2,1-2H3,(H,18,19). The van der Waals surface area contributed by atoms with Crippen molar-refractivity contribution in [2.45, 2.75) is 19.4 Å². The minimum Gasteiger partial charge on any atom is -0.491 e. The molecule has 0 saturated carbocycles. The monoisotopic (exact) mass is 274 g/mol.